The summed E-state index contributed by atoms with van der Waals surface area (Å²) in [4.78, 5) is 20.1. The number of hydrogen-bond donors (Lipinski definition) is 4. The van der Waals surface area contributed by atoms with Gasteiger partial charge in [-0.1, -0.05) is 41.9 Å². The van der Waals surface area contributed by atoms with Crippen molar-refractivity contribution in [2.24, 2.45) is 0 Å². The normalized spacial score (nSPS) is 12.1. The minimum Gasteiger partial charge on any atom is -0.356 e. The molecule has 1 atom stereocenters. The van der Waals surface area contributed by atoms with E-state index in [1.165, 1.54) is 19.3 Å². The molecule has 0 bridgehead atoms. The van der Waals surface area contributed by atoms with Gasteiger partial charge in [-0.3, -0.25) is 4.79 Å². The maximum atomic E-state index is 14.0. The third-order valence-electron chi connectivity index (χ3n) is 4.36. The topological polar surface area (TPSA) is 134 Å². The Morgan fingerprint density at radius 1 is 1.15 bits per heavy atom. The average molecular weight is 509 g/mol. The van der Waals surface area contributed by atoms with Crippen molar-refractivity contribution in [3.63, 3.8) is 0 Å². The maximum absolute atomic E-state index is 14.0. The van der Waals surface area contributed by atoms with Crippen LogP contribution in [0.5, 0.6) is 0 Å². The number of aromatic nitrogens is 2. The van der Waals surface area contributed by atoms with Crippen LogP contribution in [0.3, 0.4) is 0 Å². The fourth-order valence-electron chi connectivity index (χ4n) is 2.72. The van der Waals surface area contributed by atoms with E-state index in [4.69, 9.17) is 16.3 Å². The highest BCUT2D eigenvalue weighted by atomic mass is 35.5. The van der Waals surface area contributed by atoms with Crippen LogP contribution >= 0.6 is 11.6 Å². The summed E-state index contributed by atoms with van der Waals surface area (Å²) < 4.78 is 45.9. The number of rotatable bonds is 11. The molecule has 3 aromatic rings. The van der Waals surface area contributed by atoms with Crippen molar-refractivity contribution in [1.82, 2.24) is 20.0 Å². The van der Waals surface area contributed by atoms with Gasteiger partial charge in [0.05, 0.1) is 18.5 Å². The zero-order chi connectivity index (χ0) is 24.6. The van der Waals surface area contributed by atoms with Gasteiger partial charge in [0.25, 0.3) is 5.91 Å². The second-order valence-corrected chi connectivity index (χ2v) is 8.98. The number of carbonyl (C=O) groups excluding carboxylic acids is 1. The van der Waals surface area contributed by atoms with Crippen LogP contribution in [0.25, 0.3) is 0 Å². The van der Waals surface area contributed by atoms with Crippen molar-refractivity contribution >= 4 is 45.0 Å². The number of nitrogens with zero attached hydrogens (tertiary/aromatic N) is 2. The van der Waals surface area contributed by atoms with Crippen molar-refractivity contribution in [3.8, 4) is 0 Å². The van der Waals surface area contributed by atoms with Crippen LogP contribution < -0.4 is 20.7 Å². The Morgan fingerprint density at radius 3 is 2.59 bits per heavy atom. The summed E-state index contributed by atoms with van der Waals surface area (Å²) in [7, 11) is -2.42. The van der Waals surface area contributed by atoms with Crippen molar-refractivity contribution < 1.29 is 22.3 Å². The van der Waals surface area contributed by atoms with Gasteiger partial charge in [-0.15, -0.1) is 0 Å². The second-order valence-electron chi connectivity index (χ2n) is 6.72. The van der Waals surface area contributed by atoms with Crippen LogP contribution in [0.1, 0.15) is 10.4 Å². The highest BCUT2D eigenvalue weighted by Gasteiger charge is 2.18. The number of carbonyl (C=O) groups is 1. The molecule has 0 spiro atoms. The zero-order valence-corrected chi connectivity index (χ0v) is 19.5. The number of alkyl halides is 1. The molecule has 1 heterocycles. The summed E-state index contributed by atoms with van der Waals surface area (Å²) in [5.74, 6) is -0.303. The number of ether oxygens (including phenoxy) is 1. The van der Waals surface area contributed by atoms with Gasteiger partial charge in [0.15, 0.2) is 12.1 Å². The lowest BCUT2D eigenvalue weighted by Crippen LogP contribution is -2.35. The minimum atomic E-state index is -3.72. The van der Waals surface area contributed by atoms with E-state index < -0.39 is 28.8 Å². The number of benzene rings is 2. The molecule has 180 valence electrons. The number of sulfonamides is 1. The first-order valence-electron chi connectivity index (χ1n) is 9.94. The van der Waals surface area contributed by atoms with Crippen LogP contribution in [-0.2, 0) is 14.8 Å². The van der Waals surface area contributed by atoms with Crippen molar-refractivity contribution in [1.29, 1.82) is 0 Å². The van der Waals surface area contributed by atoms with E-state index >= 15 is 0 Å². The van der Waals surface area contributed by atoms with Crippen LogP contribution in [0.4, 0.5) is 21.8 Å². The second kappa shape index (κ2) is 11.7. The molecular formula is C21H22ClFN6O4S. The van der Waals surface area contributed by atoms with Gasteiger partial charge in [-0.05, 0) is 31.3 Å². The fourth-order valence-corrected chi connectivity index (χ4v) is 3.74. The lowest BCUT2D eigenvalue weighted by atomic mass is 10.2. The predicted octanol–water partition coefficient (Wildman–Crippen LogP) is 2.89. The third kappa shape index (κ3) is 6.84. The minimum absolute atomic E-state index is 0.0107. The van der Waals surface area contributed by atoms with Gasteiger partial charge in [0.2, 0.25) is 16.0 Å². The zero-order valence-electron chi connectivity index (χ0n) is 18.0. The summed E-state index contributed by atoms with van der Waals surface area (Å²) >= 11 is 6.15. The van der Waals surface area contributed by atoms with Gasteiger partial charge in [0, 0.05) is 5.56 Å². The fraction of sp³-hybridized carbons (Fsp3) is 0.190. The number of nitrogens with one attached hydrogen (secondary N) is 4. The van der Waals surface area contributed by atoms with E-state index in [1.54, 1.807) is 48.5 Å². The summed E-state index contributed by atoms with van der Waals surface area (Å²) in [6.45, 7) is -0.563. The summed E-state index contributed by atoms with van der Waals surface area (Å²) in [5, 5.41) is 7.96. The molecule has 13 heteroatoms. The highest BCUT2D eigenvalue weighted by Crippen LogP contribution is 2.28. The molecule has 0 aliphatic heterocycles. The van der Waals surface area contributed by atoms with Gasteiger partial charge in [0.1, 0.15) is 16.6 Å². The number of amides is 1. The van der Waals surface area contributed by atoms with Crippen molar-refractivity contribution in [2.45, 2.75) is 11.2 Å². The Hall–Kier alpha value is -3.32. The quantitative estimate of drug-likeness (QED) is 0.176. The molecule has 0 fully saturated rings. The van der Waals surface area contributed by atoms with Crippen LogP contribution in [0.15, 0.2) is 65.7 Å². The van der Waals surface area contributed by atoms with Crippen molar-refractivity contribution in [2.75, 3.05) is 31.0 Å². The lowest BCUT2D eigenvalue weighted by Gasteiger charge is -2.14. The molecule has 1 aromatic heterocycles. The first-order chi connectivity index (χ1) is 16.3. The molecule has 0 aliphatic carbocycles. The monoisotopic (exact) mass is 508 g/mol. The van der Waals surface area contributed by atoms with Crippen LogP contribution in [0, 0.1) is 0 Å². The molecule has 0 radical (unpaired) electrons. The molecule has 0 aliphatic rings. The summed E-state index contributed by atoms with van der Waals surface area (Å²) in [5.41, 5.74) is 0.594. The standard InChI is InChI=1S/C21H22ClFN6O4S/c1-24-34(31,32)17-10-6-5-9-16(17)27-19-15(22)11-25-21(29-19)26-13-33-12-18(23)28-20(30)14-7-3-2-4-8-14/h2-11,18,24H,12-13H2,1H3,(H,28,30)(H2,25,26,27,29). The Morgan fingerprint density at radius 2 is 1.85 bits per heavy atom. The SMILES string of the molecule is CNS(=O)(=O)c1ccccc1Nc1nc(NCOCC(F)NC(=O)c2ccccc2)ncc1Cl. The molecule has 4 N–H and O–H groups in total. The molecule has 0 saturated carbocycles. The van der Waals surface area contributed by atoms with Crippen LogP contribution in [-0.4, -0.2) is 51.0 Å². The smallest absolute Gasteiger partial charge is 0.253 e. The number of hydrogen-bond acceptors (Lipinski definition) is 8. The molecule has 34 heavy (non-hydrogen) atoms. The molecule has 3 rings (SSSR count). The Bertz CT molecular complexity index is 1230. The van der Waals surface area contributed by atoms with E-state index in [-0.39, 0.29) is 34.1 Å². The predicted molar refractivity (Wildman–Crippen MR) is 126 cm³/mol. The van der Waals surface area contributed by atoms with E-state index in [0.717, 1.165) is 0 Å². The lowest BCUT2D eigenvalue weighted by molar-refractivity contribution is 0.0638. The molecule has 1 unspecified atom stereocenters. The summed E-state index contributed by atoms with van der Waals surface area (Å²) in [6, 6.07) is 14.5. The van der Waals surface area contributed by atoms with Gasteiger partial charge in [-0.25, -0.2) is 22.5 Å². The molecule has 2 aromatic carbocycles. The highest BCUT2D eigenvalue weighted by molar-refractivity contribution is 7.89. The molecular weight excluding hydrogens is 487 g/mol. The maximum Gasteiger partial charge on any atom is 0.253 e. The Kier molecular flexibility index (Phi) is 8.71. The van der Waals surface area contributed by atoms with Crippen LogP contribution in [0.2, 0.25) is 5.02 Å². The van der Waals surface area contributed by atoms with Gasteiger partial charge < -0.3 is 20.7 Å². The number of para-hydroxylation sites is 1. The number of halogens is 2. The van der Waals surface area contributed by atoms with E-state index in [9.17, 15) is 17.6 Å². The first kappa shape index (κ1) is 25.3. The van der Waals surface area contributed by atoms with E-state index in [2.05, 4.69) is 30.6 Å². The van der Waals surface area contributed by atoms with E-state index in [1.807, 2.05) is 0 Å². The molecule has 1 amide bonds. The average Bonchev–Trinajstić information content (AvgIpc) is 2.84. The first-order valence-corrected chi connectivity index (χ1v) is 11.8. The van der Waals surface area contributed by atoms with E-state index in [0.29, 0.717) is 5.56 Å². The Balaban J connectivity index is 1.55. The summed E-state index contributed by atoms with van der Waals surface area (Å²) in [6.07, 6.45) is -0.407. The molecule has 10 nitrogen and oxygen atoms in total. The third-order valence-corrected chi connectivity index (χ3v) is 6.11. The van der Waals surface area contributed by atoms with Crippen molar-refractivity contribution in [3.05, 3.63) is 71.4 Å². The number of anilines is 3. The Labute approximate surface area is 201 Å². The van der Waals surface area contributed by atoms with Gasteiger partial charge in [-0.2, -0.15) is 4.98 Å². The van der Waals surface area contributed by atoms with Gasteiger partial charge >= 0.3 is 0 Å². The molecule has 0 saturated heterocycles. The largest absolute Gasteiger partial charge is 0.356 e.